The standard InChI is InChI=1S/C13H18BrNO/c1-2-3-7-10-12-9(13(14)15-10)6-4-5-8-11(12)16/h15H,2-8H2,1H3. The normalized spacial score (nSPS) is 16.0. The quantitative estimate of drug-likeness (QED) is 0.835. The number of carbonyl (C=O) groups excluding carboxylic acids is 1. The summed E-state index contributed by atoms with van der Waals surface area (Å²) in [6, 6.07) is 0. The van der Waals surface area contributed by atoms with Gasteiger partial charge in [-0.2, -0.15) is 0 Å². The van der Waals surface area contributed by atoms with Gasteiger partial charge >= 0.3 is 0 Å². The highest BCUT2D eigenvalue weighted by Crippen LogP contribution is 2.30. The molecular formula is C13H18BrNO. The smallest absolute Gasteiger partial charge is 0.164 e. The van der Waals surface area contributed by atoms with E-state index in [9.17, 15) is 4.79 Å². The lowest BCUT2D eigenvalue weighted by Gasteiger charge is -2.02. The topological polar surface area (TPSA) is 32.9 Å². The van der Waals surface area contributed by atoms with E-state index in [4.69, 9.17) is 0 Å². The van der Waals surface area contributed by atoms with Crippen LogP contribution in [0.5, 0.6) is 0 Å². The summed E-state index contributed by atoms with van der Waals surface area (Å²) in [5, 5.41) is 0. The monoisotopic (exact) mass is 283 g/mol. The number of aryl methyl sites for hydroxylation is 1. The lowest BCUT2D eigenvalue weighted by molar-refractivity contribution is 0.0981. The van der Waals surface area contributed by atoms with Crippen molar-refractivity contribution in [1.29, 1.82) is 0 Å². The van der Waals surface area contributed by atoms with E-state index in [1.165, 1.54) is 12.0 Å². The molecule has 0 aliphatic heterocycles. The second-order valence-corrected chi connectivity index (χ2v) is 5.30. The van der Waals surface area contributed by atoms with Crippen LogP contribution < -0.4 is 0 Å². The van der Waals surface area contributed by atoms with Crippen LogP contribution in [0.25, 0.3) is 0 Å². The third kappa shape index (κ3) is 2.24. The fourth-order valence-corrected chi connectivity index (χ4v) is 3.02. The Morgan fingerprint density at radius 1 is 1.31 bits per heavy atom. The third-order valence-corrected chi connectivity index (χ3v) is 3.95. The molecule has 1 aliphatic rings. The number of halogens is 1. The molecule has 3 heteroatoms. The van der Waals surface area contributed by atoms with Gasteiger partial charge < -0.3 is 4.98 Å². The lowest BCUT2D eigenvalue weighted by Crippen LogP contribution is -2.02. The van der Waals surface area contributed by atoms with Gasteiger partial charge in [0.25, 0.3) is 0 Å². The Hall–Kier alpha value is -0.570. The van der Waals surface area contributed by atoms with Gasteiger partial charge in [-0.15, -0.1) is 0 Å². The van der Waals surface area contributed by atoms with Crippen LogP contribution in [0.15, 0.2) is 4.60 Å². The van der Waals surface area contributed by atoms with Crippen LogP contribution in [-0.2, 0) is 12.8 Å². The van der Waals surface area contributed by atoms with E-state index >= 15 is 0 Å². The van der Waals surface area contributed by atoms with Crippen LogP contribution in [0, 0.1) is 0 Å². The summed E-state index contributed by atoms with van der Waals surface area (Å²) in [5.41, 5.74) is 3.36. The molecule has 1 aliphatic carbocycles. The van der Waals surface area contributed by atoms with Crippen LogP contribution in [0.4, 0.5) is 0 Å². The van der Waals surface area contributed by atoms with Gasteiger partial charge in [0.1, 0.15) is 0 Å². The highest BCUT2D eigenvalue weighted by Gasteiger charge is 2.23. The van der Waals surface area contributed by atoms with Crippen molar-refractivity contribution in [3.8, 4) is 0 Å². The second kappa shape index (κ2) is 5.17. The average molecular weight is 284 g/mol. The molecule has 0 amide bonds. The summed E-state index contributed by atoms with van der Waals surface area (Å²) >= 11 is 3.55. The molecule has 16 heavy (non-hydrogen) atoms. The maximum absolute atomic E-state index is 12.1. The maximum atomic E-state index is 12.1. The minimum Gasteiger partial charge on any atom is -0.352 e. The molecule has 1 aromatic heterocycles. The fourth-order valence-electron chi connectivity index (χ4n) is 2.39. The molecule has 0 unspecified atom stereocenters. The van der Waals surface area contributed by atoms with E-state index in [1.807, 2.05) is 0 Å². The van der Waals surface area contributed by atoms with Crippen molar-refractivity contribution in [3.63, 3.8) is 0 Å². The first-order chi connectivity index (χ1) is 7.74. The van der Waals surface area contributed by atoms with Crippen LogP contribution in [-0.4, -0.2) is 10.8 Å². The lowest BCUT2D eigenvalue weighted by atomic mass is 10.0. The molecule has 1 heterocycles. The van der Waals surface area contributed by atoms with Crippen molar-refractivity contribution in [2.45, 2.75) is 51.9 Å². The molecule has 1 N–H and O–H groups in total. The van der Waals surface area contributed by atoms with E-state index in [1.54, 1.807) is 0 Å². The van der Waals surface area contributed by atoms with Crippen molar-refractivity contribution >= 4 is 21.7 Å². The molecule has 0 atom stereocenters. The molecular weight excluding hydrogens is 266 g/mol. The summed E-state index contributed by atoms with van der Waals surface area (Å²) in [4.78, 5) is 15.4. The van der Waals surface area contributed by atoms with Gasteiger partial charge in [0.05, 0.1) is 4.60 Å². The number of nitrogens with one attached hydrogen (secondary N) is 1. The molecule has 0 fully saturated rings. The number of Topliss-reactive ketones (excluding diaryl/α,β-unsaturated/α-hetero) is 1. The Bertz CT molecular complexity index is 395. The summed E-state index contributed by atoms with van der Waals surface area (Å²) in [6.07, 6.45) is 7.22. The van der Waals surface area contributed by atoms with E-state index < -0.39 is 0 Å². The zero-order chi connectivity index (χ0) is 11.5. The van der Waals surface area contributed by atoms with Crippen LogP contribution >= 0.6 is 15.9 Å². The number of aromatic amines is 1. The van der Waals surface area contributed by atoms with Crippen molar-refractivity contribution in [2.24, 2.45) is 0 Å². The summed E-state index contributed by atoms with van der Waals surface area (Å²) in [5.74, 6) is 0.334. The fraction of sp³-hybridized carbons (Fsp3) is 0.615. The van der Waals surface area contributed by atoms with Gasteiger partial charge in [-0.1, -0.05) is 13.3 Å². The molecule has 88 valence electrons. The molecule has 0 spiro atoms. The zero-order valence-electron chi connectivity index (χ0n) is 9.74. The third-order valence-electron chi connectivity index (χ3n) is 3.27. The van der Waals surface area contributed by atoms with Gasteiger partial charge in [0.2, 0.25) is 0 Å². The van der Waals surface area contributed by atoms with E-state index in [0.717, 1.165) is 54.4 Å². The Balaban J connectivity index is 2.36. The van der Waals surface area contributed by atoms with Crippen molar-refractivity contribution in [2.75, 3.05) is 0 Å². The second-order valence-electron chi connectivity index (χ2n) is 4.50. The number of ketones is 1. The summed E-state index contributed by atoms with van der Waals surface area (Å²) < 4.78 is 1.03. The molecule has 2 rings (SSSR count). The molecule has 0 bridgehead atoms. The highest BCUT2D eigenvalue weighted by atomic mass is 79.9. The number of aromatic nitrogens is 1. The predicted molar refractivity (Wildman–Crippen MR) is 69.0 cm³/mol. The average Bonchev–Trinajstić information content (AvgIpc) is 2.45. The van der Waals surface area contributed by atoms with Gasteiger partial charge in [0, 0.05) is 17.7 Å². The zero-order valence-corrected chi connectivity index (χ0v) is 11.3. The van der Waals surface area contributed by atoms with Crippen molar-refractivity contribution < 1.29 is 4.79 Å². The number of carbonyl (C=O) groups is 1. The predicted octanol–water partition coefficient (Wildman–Crippen LogP) is 4.03. The van der Waals surface area contributed by atoms with E-state index in [-0.39, 0.29) is 0 Å². The van der Waals surface area contributed by atoms with Gasteiger partial charge in [-0.3, -0.25) is 4.79 Å². The largest absolute Gasteiger partial charge is 0.352 e. The number of hydrogen-bond donors (Lipinski definition) is 1. The molecule has 2 nitrogen and oxygen atoms in total. The Labute approximate surface area is 105 Å². The van der Waals surface area contributed by atoms with Crippen molar-refractivity contribution in [3.05, 3.63) is 21.4 Å². The van der Waals surface area contributed by atoms with Crippen LogP contribution in [0.3, 0.4) is 0 Å². The minimum atomic E-state index is 0.334. The SMILES string of the molecule is CCCCc1[nH]c(Br)c2c1C(=O)CCCC2. The first-order valence-corrected chi connectivity index (χ1v) is 6.95. The minimum absolute atomic E-state index is 0.334. The van der Waals surface area contributed by atoms with E-state index in [2.05, 4.69) is 27.8 Å². The van der Waals surface area contributed by atoms with Gasteiger partial charge in [0.15, 0.2) is 5.78 Å². The maximum Gasteiger partial charge on any atom is 0.164 e. The molecule has 0 radical (unpaired) electrons. The number of hydrogen-bond acceptors (Lipinski definition) is 1. The Kier molecular flexibility index (Phi) is 3.85. The first kappa shape index (κ1) is 11.9. The molecule has 0 saturated carbocycles. The van der Waals surface area contributed by atoms with Gasteiger partial charge in [-0.25, -0.2) is 0 Å². The first-order valence-electron chi connectivity index (χ1n) is 6.16. The summed E-state index contributed by atoms with van der Waals surface area (Å²) in [7, 11) is 0. The van der Waals surface area contributed by atoms with Crippen molar-refractivity contribution in [1.82, 2.24) is 4.98 Å². The number of fused-ring (bicyclic) bond motifs is 1. The number of H-pyrrole nitrogens is 1. The van der Waals surface area contributed by atoms with Gasteiger partial charge in [-0.05, 0) is 53.6 Å². The van der Waals surface area contributed by atoms with Crippen LogP contribution in [0.2, 0.25) is 0 Å². The van der Waals surface area contributed by atoms with Crippen LogP contribution in [0.1, 0.15) is 60.6 Å². The Morgan fingerprint density at radius 2 is 2.06 bits per heavy atom. The van der Waals surface area contributed by atoms with E-state index in [0.29, 0.717) is 5.78 Å². The number of unbranched alkanes of at least 4 members (excludes halogenated alkanes) is 1. The molecule has 0 saturated heterocycles. The number of rotatable bonds is 3. The molecule has 1 aromatic rings. The molecule has 0 aromatic carbocycles. The highest BCUT2D eigenvalue weighted by molar-refractivity contribution is 9.10. The Morgan fingerprint density at radius 3 is 2.81 bits per heavy atom. The summed E-state index contributed by atoms with van der Waals surface area (Å²) in [6.45, 7) is 2.18.